The molecule has 0 saturated carbocycles. The number of carbonyl (C=O) groups is 3. The Labute approximate surface area is 473 Å². The lowest BCUT2D eigenvalue weighted by molar-refractivity contribution is -0.167. The standard InChI is InChI=1S/C71H112O6/c1-4-7-10-13-16-19-22-25-27-29-30-31-32-33-34-35-36-37-38-39-40-42-43-46-49-52-55-58-61-64-70(73)76-67-68(66-75-69(72)63-60-57-54-51-48-45-24-21-18-15-12-9-6-3)77-71(74)65-62-59-56-53-50-47-44-41-28-26-23-20-17-14-11-8-5-2/h7-12,16-21,25-28,30-31,33-34,36-37,44-45,47-48,68H,4-6,13-15,22-24,29,32,35,38-43,46,49-67H2,1-3H3/b10-7-,11-8-,12-9-,19-16-,20-17-,21-18-,27-25-,28-26-,31-30-,34-33-,37-36-,47-44-,48-45-. The van der Waals surface area contributed by atoms with E-state index < -0.39 is 6.10 Å². The van der Waals surface area contributed by atoms with E-state index in [9.17, 15) is 14.4 Å². The van der Waals surface area contributed by atoms with Crippen molar-refractivity contribution >= 4 is 17.9 Å². The van der Waals surface area contributed by atoms with Crippen LogP contribution in [0.15, 0.2) is 158 Å². The maximum atomic E-state index is 12.9. The van der Waals surface area contributed by atoms with Crippen LogP contribution in [0, 0.1) is 0 Å². The fourth-order valence-corrected chi connectivity index (χ4v) is 7.98. The van der Waals surface area contributed by atoms with E-state index in [0.717, 1.165) is 167 Å². The second-order valence-electron chi connectivity index (χ2n) is 19.8. The summed E-state index contributed by atoms with van der Waals surface area (Å²) in [6.07, 6.45) is 92.5. The normalized spacial score (nSPS) is 13.2. The molecule has 1 atom stereocenters. The highest BCUT2D eigenvalue weighted by Gasteiger charge is 2.19. The Bertz CT molecular complexity index is 1740. The van der Waals surface area contributed by atoms with Crippen molar-refractivity contribution in [2.45, 2.75) is 258 Å². The van der Waals surface area contributed by atoms with Gasteiger partial charge in [0.2, 0.25) is 0 Å². The smallest absolute Gasteiger partial charge is 0.306 e. The molecule has 0 aliphatic carbocycles. The molecule has 1 unspecified atom stereocenters. The molecule has 0 amide bonds. The molecule has 0 radical (unpaired) electrons. The third kappa shape index (κ3) is 61.8. The Hall–Kier alpha value is -4.97. The van der Waals surface area contributed by atoms with Gasteiger partial charge in [-0.2, -0.15) is 0 Å². The van der Waals surface area contributed by atoms with Crippen LogP contribution >= 0.6 is 0 Å². The van der Waals surface area contributed by atoms with Crippen molar-refractivity contribution in [3.05, 3.63) is 158 Å². The summed E-state index contributed by atoms with van der Waals surface area (Å²) >= 11 is 0. The van der Waals surface area contributed by atoms with Crippen LogP contribution in [0.25, 0.3) is 0 Å². The van der Waals surface area contributed by atoms with Crippen molar-refractivity contribution in [3.8, 4) is 0 Å². The molecule has 0 aliphatic rings. The van der Waals surface area contributed by atoms with Crippen LogP contribution in [-0.4, -0.2) is 37.2 Å². The summed E-state index contributed by atoms with van der Waals surface area (Å²) in [6, 6.07) is 0. The van der Waals surface area contributed by atoms with Crippen molar-refractivity contribution in [1.29, 1.82) is 0 Å². The zero-order valence-corrected chi connectivity index (χ0v) is 49.4. The van der Waals surface area contributed by atoms with Gasteiger partial charge in [-0.25, -0.2) is 0 Å². The minimum absolute atomic E-state index is 0.106. The van der Waals surface area contributed by atoms with Crippen molar-refractivity contribution in [2.24, 2.45) is 0 Å². The molecular weight excluding hydrogens is 949 g/mol. The molecule has 0 rings (SSSR count). The summed E-state index contributed by atoms with van der Waals surface area (Å²) in [6.45, 7) is 6.24. The lowest BCUT2D eigenvalue weighted by Crippen LogP contribution is -2.30. The maximum Gasteiger partial charge on any atom is 0.306 e. The number of carbonyl (C=O) groups excluding carboxylic acids is 3. The third-order valence-corrected chi connectivity index (χ3v) is 12.5. The van der Waals surface area contributed by atoms with E-state index in [0.29, 0.717) is 12.8 Å². The van der Waals surface area contributed by atoms with Crippen LogP contribution in [0.1, 0.15) is 252 Å². The molecule has 77 heavy (non-hydrogen) atoms. The van der Waals surface area contributed by atoms with Gasteiger partial charge in [0, 0.05) is 19.3 Å². The largest absolute Gasteiger partial charge is 0.462 e. The molecule has 0 saturated heterocycles. The Morgan fingerprint density at radius 3 is 0.740 bits per heavy atom. The Morgan fingerprint density at radius 1 is 0.260 bits per heavy atom. The molecule has 0 aromatic carbocycles. The first-order chi connectivity index (χ1) is 38.0. The zero-order chi connectivity index (χ0) is 55.7. The molecule has 432 valence electrons. The van der Waals surface area contributed by atoms with E-state index in [2.05, 4.69) is 179 Å². The average molecular weight is 1060 g/mol. The molecule has 6 nitrogen and oxygen atoms in total. The van der Waals surface area contributed by atoms with Gasteiger partial charge in [0.15, 0.2) is 6.10 Å². The quantitative estimate of drug-likeness (QED) is 0.0261. The second kappa shape index (κ2) is 63.6. The van der Waals surface area contributed by atoms with Crippen LogP contribution < -0.4 is 0 Å². The van der Waals surface area contributed by atoms with Crippen molar-refractivity contribution in [1.82, 2.24) is 0 Å². The summed E-state index contributed by atoms with van der Waals surface area (Å²) in [5.41, 5.74) is 0. The summed E-state index contributed by atoms with van der Waals surface area (Å²) < 4.78 is 16.8. The molecule has 0 bridgehead atoms. The van der Waals surface area contributed by atoms with Crippen LogP contribution in [-0.2, 0) is 28.6 Å². The topological polar surface area (TPSA) is 78.9 Å². The van der Waals surface area contributed by atoms with E-state index in [1.165, 1.54) is 44.9 Å². The molecular formula is C71H112O6. The number of hydrogen-bond donors (Lipinski definition) is 0. The van der Waals surface area contributed by atoms with Gasteiger partial charge in [0.25, 0.3) is 0 Å². The predicted molar refractivity (Wildman–Crippen MR) is 334 cm³/mol. The van der Waals surface area contributed by atoms with E-state index in [4.69, 9.17) is 14.2 Å². The fraction of sp³-hybridized carbons (Fsp3) is 0.592. The summed E-state index contributed by atoms with van der Waals surface area (Å²) in [4.78, 5) is 38.2. The van der Waals surface area contributed by atoms with Crippen molar-refractivity contribution in [3.63, 3.8) is 0 Å². The molecule has 0 aromatic heterocycles. The van der Waals surface area contributed by atoms with Crippen molar-refractivity contribution < 1.29 is 28.6 Å². The monoisotopic (exact) mass is 1060 g/mol. The van der Waals surface area contributed by atoms with Crippen LogP contribution in [0.4, 0.5) is 0 Å². The highest BCUT2D eigenvalue weighted by molar-refractivity contribution is 5.71. The Balaban J connectivity index is 4.36. The van der Waals surface area contributed by atoms with Crippen LogP contribution in [0.5, 0.6) is 0 Å². The molecule has 0 aromatic rings. The zero-order valence-electron chi connectivity index (χ0n) is 49.4. The van der Waals surface area contributed by atoms with E-state index in [1.54, 1.807) is 0 Å². The molecule has 0 fully saturated rings. The van der Waals surface area contributed by atoms with Crippen molar-refractivity contribution in [2.75, 3.05) is 13.2 Å². The Kier molecular flexibility index (Phi) is 59.5. The van der Waals surface area contributed by atoms with E-state index >= 15 is 0 Å². The van der Waals surface area contributed by atoms with Gasteiger partial charge in [-0.3, -0.25) is 14.4 Å². The molecule has 0 heterocycles. The summed E-state index contributed by atoms with van der Waals surface area (Å²) in [5, 5.41) is 0. The second-order valence-corrected chi connectivity index (χ2v) is 19.8. The first-order valence-electron chi connectivity index (χ1n) is 31.0. The number of allylic oxidation sites excluding steroid dienone is 26. The predicted octanol–water partition coefficient (Wildman–Crippen LogP) is 21.3. The van der Waals surface area contributed by atoms with Gasteiger partial charge in [-0.1, -0.05) is 249 Å². The lowest BCUT2D eigenvalue weighted by Gasteiger charge is -2.18. The minimum atomic E-state index is -0.813. The number of hydrogen-bond acceptors (Lipinski definition) is 6. The van der Waals surface area contributed by atoms with Crippen LogP contribution in [0.2, 0.25) is 0 Å². The van der Waals surface area contributed by atoms with Gasteiger partial charge in [0.1, 0.15) is 13.2 Å². The van der Waals surface area contributed by atoms with E-state index in [1.807, 2.05) is 0 Å². The van der Waals surface area contributed by atoms with E-state index in [-0.39, 0.29) is 37.5 Å². The first kappa shape index (κ1) is 72.0. The maximum absolute atomic E-state index is 12.9. The minimum Gasteiger partial charge on any atom is -0.462 e. The van der Waals surface area contributed by atoms with Gasteiger partial charge in [-0.15, -0.1) is 0 Å². The van der Waals surface area contributed by atoms with Gasteiger partial charge < -0.3 is 14.2 Å². The van der Waals surface area contributed by atoms with Crippen LogP contribution in [0.3, 0.4) is 0 Å². The lowest BCUT2D eigenvalue weighted by atomic mass is 10.1. The molecule has 0 N–H and O–H groups in total. The molecule has 0 spiro atoms. The molecule has 0 aliphatic heterocycles. The number of rotatable bonds is 54. The highest BCUT2D eigenvalue weighted by Crippen LogP contribution is 2.14. The third-order valence-electron chi connectivity index (χ3n) is 12.5. The first-order valence-corrected chi connectivity index (χ1v) is 31.0. The van der Waals surface area contributed by atoms with Gasteiger partial charge >= 0.3 is 17.9 Å². The fourth-order valence-electron chi connectivity index (χ4n) is 7.98. The SMILES string of the molecule is CC/C=C\C/C=C\C/C=C\C/C=C\C/C=C\C/C=C\CCCCCCCCCCCCC(=O)OCC(COC(=O)CCCCC/C=C\C/C=C\C/C=C\CC)OC(=O)CCCCCC/C=C\C/C=C\C/C=C\C/C=C\CC. The highest BCUT2D eigenvalue weighted by atomic mass is 16.6. The summed E-state index contributed by atoms with van der Waals surface area (Å²) in [5.74, 6) is -0.969. The van der Waals surface area contributed by atoms with Gasteiger partial charge in [0.05, 0.1) is 0 Å². The average Bonchev–Trinajstić information content (AvgIpc) is 3.43. The Morgan fingerprint density at radius 2 is 0.468 bits per heavy atom. The number of ether oxygens (including phenoxy) is 3. The summed E-state index contributed by atoms with van der Waals surface area (Å²) in [7, 11) is 0. The van der Waals surface area contributed by atoms with Gasteiger partial charge in [-0.05, 0) is 141 Å². The number of unbranched alkanes of at least 4 members (excludes halogenated alkanes) is 17. The number of esters is 3. The molecule has 6 heteroatoms.